The number of nitrogens with zero attached hydrogens (tertiary/aromatic N) is 3. The minimum atomic E-state index is -1.15. The highest BCUT2D eigenvalue weighted by Gasteiger charge is 2.43. The summed E-state index contributed by atoms with van der Waals surface area (Å²) in [6.07, 6.45) is 1.00. The van der Waals surface area contributed by atoms with Gasteiger partial charge in [-0.3, -0.25) is 4.79 Å². The predicted octanol–water partition coefficient (Wildman–Crippen LogP) is 4.36. The Labute approximate surface area is 233 Å². The number of hydrogen-bond acceptors (Lipinski definition) is 5. The number of carbonyl (C=O) groups is 1. The summed E-state index contributed by atoms with van der Waals surface area (Å²) in [7, 11) is 1.58. The maximum Gasteiger partial charge on any atom is 0.248 e. The monoisotopic (exact) mass is 558 g/mol. The average Bonchev–Trinajstić information content (AvgIpc) is 3.54. The van der Waals surface area contributed by atoms with Crippen LogP contribution in [-0.4, -0.2) is 71.6 Å². The molecule has 0 unspecified atom stereocenters. The highest BCUT2D eigenvalue weighted by atomic mass is 19.1. The fourth-order valence-corrected chi connectivity index (χ4v) is 5.37. The number of ether oxygens (including phenoxy) is 1. The molecule has 2 N–H and O–H groups in total. The summed E-state index contributed by atoms with van der Waals surface area (Å²) in [6.45, 7) is 4.50. The maximum absolute atomic E-state index is 14.9. The van der Waals surface area contributed by atoms with Crippen LogP contribution in [0, 0.1) is 23.0 Å². The van der Waals surface area contributed by atoms with E-state index in [-0.39, 0.29) is 24.3 Å². The first-order chi connectivity index (χ1) is 19.1. The van der Waals surface area contributed by atoms with Gasteiger partial charge in [-0.05, 0) is 35.6 Å². The van der Waals surface area contributed by atoms with Gasteiger partial charge in [-0.15, -0.1) is 0 Å². The number of amides is 1. The number of halogens is 3. The number of benzene rings is 2. The highest BCUT2D eigenvalue weighted by molar-refractivity contribution is 5.78. The summed E-state index contributed by atoms with van der Waals surface area (Å²) < 4.78 is 51.1. The zero-order chi connectivity index (χ0) is 28.9. The largest absolute Gasteiger partial charge is 0.387 e. The lowest BCUT2D eigenvalue weighted by atomic mass is 9.79. The molecule has 4 rings (SSSR count). The van der Waals surface area contributed by atoms with Gasteiger partial charge in [0.05, 0.1) is 11.7 Å². The molecule has 216 valence electrons. The number of aromatic nitrogens is 2. The van der Waals surface area contributed by atoms with Gasteiger partial charge >= 0.3 is 0 Å². The molecule has 2 heterocycles. The molecule has 2 aromatic carbocycles. The Bertz CT molecular complexity index is 1280. The summed E-state index contributed by atoms with van der Waals surface area (Å²) in [5, 5.41) is 13.0. The number of hydrogen-bond donors (Lipinski definition) is 2. The Kier molecular flexibility index (Phi) is 9.65. The van der Waals surface area contributed by atoms with Crippen molar-refractivity contribution in [2.75, 3.05) is 40.0 Å². The number of methoxy groups -OCH3 is 1. The second-order valence-electron chi connectivity index (χ2n) is 11.0. The fourth-order valence-electron chi connectivity index (χ4n) is 5.37. The number of carbonyl (C=O) groups excluding carboxylic acids is 1. The summed E-state index contributed by atoms with van der Waals surface area (Å²) in [5.41, 5.74) is 0.462. The first-order valence-corrected chi connectivity index (χ1v) is 13.4. The van der Waals surface area contributed by atoms with Crippen LogP contribution in [0.15, 0.2) is 54.7 Å². The van der Waals surface area contributed by atoms with Gasteiger partial charge < -0.3 is 24.6 Å². The lowest BCUT2D eigenvalue weighted by molar-refractivity contribution is -0.141. The van der Waals surface area contributed by atoms with Crippen LogP contribution >= 0.6 is 0 Å². The first-order valence-electron chi connectivity index (χ1n) is 13.4. The second-order valence-corrected chi connectivity index (χ2v) is 11.0. The van der Waals surface area contributed by atoms with Crippen LogP contribution < -0.4 is 5.32 Å². The second kappa shape index (κ2) is 13.0. The van der Waals surface area contributed by atoms with Crippen LogP contribution in [0.2, 0.25) is 0 Å². The van der Waals surface area contributed by atoms with Gasteiger partial charge in [0, 0.05) is 57.6 Å². The van der Waals surface area contributed by atoms with E-state index in [9.17, 15) is 23.1 Å². The van der Waals surface area contributed by atoms with E-state index in [1.807, 2.05) is 48.7 Å². The van der Waals surface area contributed by atoms with E-state index in [2.05, 4.69) is 5.32 Å². The Hall–Kier alpha value is -3.21. The topological polar surface area (TPSA) is 79.6 Å². The normalized spacial score (nSPS) is 18.2. The standard InChI is InChI=1S/C30H37F3N4O3/c1-30(2,11-12-40-3)28(37(27(39)19-38)17-21-14-34-15-25(21)33)29-35-26(23-13-22(31)9-10-24(23)32)18-36(29)16-20-7-5-4-6-8-20/h4-10,13,18,21,25,28,34,38H,11-12,14-17,19H2,1-3H3/t21-,25-,28-/m0/s1. The number of aliphatic hydroxyl groups is 1. The zero-order valence-electron chi connectivity index (χ0n) is 23.1. The maximum atomic E-state index is 14.9. The fraction of sp³-hybridized carbons (Fsp3) is 0.467. The molecule has 3 atom stereocenters. The third-order valence-electron chi connectivity index (χ3n) is 7.60. The van der Waals surface area contributed by atoms with E-state index in [1.54, 1.807) is 13.3 Å². The number of nitrogens with one attached hydrogen (secondary N) is 1. The van der Waals surface area contributed by atoms with Crippen LogP contribution in [0.5, 0.6) is 0 Å². The van der Waals surface area contributed by atoms with Gasteiger partial charge in [-0.1, -0.05) is 44.2 Å². The Morgan fingerprint density at radius 3 is 2.62 bits per heavy atom. The van der Waals surface area contributed by atoms with E-state index < -0.39 is 47.7 Å². The minimum absolute atomic E-state index is 0.00893. The molecule has 1 fully saturated rings. The highest BCUT2D eigenvalue weighted by Crippen LogP contribution is 2.43. The molecule has 1 amide bonds. The van der Waals surface area contributed by atoms with E-state index in [0.717, 1.165) is 23.8 Å². The quantitative estimate of drug-likeness (QED) is 0.346. The van der Waals surface area contributed by atoms with Gasteiger partial charge in [0.15, 0.2) is 0 Å². The SMILES string of the molecule is COCCC(C)(C)[C@H](c1nc(-c2cc(F)ccc2F)cn1Cc1ccccc1)N(C[C@@H]1CNC[C@@H]1F)C(=O)CO. The van der Waals surface area contributed by atoms with Gasteiger partial charge in [0.1, 0.15) is 30.2 Å². The molecular weight excluding hydrogens is 521 g/mol. The smallest absolute Gasteiger partial charge is 0.248 e. The van der Waals surface area contributed by atoms with E-state index in [4.69, 9.17) is 9.72 Å². The third kappa shape index (κ3) is 6.74. The summed E-state index contributed by atoms with van der Waals surface area (Å²) in [6, 6.07) is 12.0. The lowest BCUT2D eigenvalue weighted by Crippen LogP contribution is -2.48. The van der Waals surface area contributed by atoms with Gasteiger partial charge in [-0.25, -0.2) is 18.2 Å². The van der Waals surface area contributed by atoms with Gasteiger partial charge in [0.25, 0.3) is 0 Å². The summed E-state index contributed by atoms with van der Waals surface area (Å²) in [5.74, 6) is -1.86. The van der Waals surface area contributed by atoms with Gasteiger partial charge in [-0.2, -0.15) is 0 Å². The number of aliphatic hydroxyl groups excluding tert-OH is 1. The van der Waals surface area contributed by atoms with Crippen molar-refractivity contribution in [3.63, 3.8) is 0 Å². The molecule has 7 nitrogen and oxygen atoms in total. The Balaban J connectivity index is 1.90. The molecule has 3 aromatic rings. The average molecular weight is 559 g/mol. The van der Waals surface area contributed by atoms with Crippen LogP contribution in [-0.2, 0) is 16.1 Å². The molecule has 0 bridgehead atoms. The minimum Gasteiger partial charge on any atom is -0.387 e. The van der Waals surface area contributed by atoms with Crippen LogP contribution in [0.4, 0.5) is 13.2 Å². The molecule has 0 radical (unpaired) electrons. The molecule has 0 spiro atoms. The lowest BCUT2D eigenvalue weighted by Gasteiger charge is -2.43. The molecule has 10 heteroatoms. The Morgan fingerprint density at radius 2 is 1.98 bits per heavy atom. The molecule has 1 aliphatic heterocycles. The van der Waals surface area contributed by atoms with Gasteiger partial charge in [0.2, 0.25) is 5.91 Å². The van der Waals surface area contributed by atoms with Crippen molar-refractivity contribution in [1.29, 1.82) is 0 Å². The molecule has 1 saturated heterocycles. The van der Waals surface area contributed by atoms with E-state index >= 15 is 0 Å². The molecule has 0 saturated carbocycles. The van der Waals surface area contributed by atoms with Crippen LogP contribution in [0.1, 0.15) is 37.7 Å². The van der Waals surface area contributed by atoms with Crippen molar-refractivity contribution in [3.05, 3.63) is 77.8 Å². The predicted molar refractivity (Wildman–Crippen MR) is 146 cm³/mol. The molecule has 40 heavy (non-hydrogen) atoms. The number of alkyl halides is 1. The zero-order valence-corrected chi connectivity index (χ0v) is 23.1. The summed E-state index contributed by atoms with van der Waals surface area (Å²) in [4.78, 5) is 19.7. The van der Waals surface area contributed by atoms with Crippen LogP contribution in [0.25, 0.3) is 11.3 Å². The Morgan fingerprint density at radius 1 is 1.23 bits per heavy atom. The van der Waals surface area contributed by atoms with Crippen molar-refractivity contribution in [2.45, 2.75) is 39.0 Å². The van der Waals surface area contributed by atoms with Crippen molar-refractivity contribution >= 4 is 5.91 Å². The first kappa shape index (κ1) is 29.8. The van der Waals surface area contributed by atoms with Crippen molar-refractivity contribution < 1.29 is 27.8 Å². The van der Waals surface area contributed by atoms with Crippen molar-refractivity contribution in [1.82, 2.24) is 19.8 Å². The van der Waals surface area contributed by atoms with Crippen LogP contribution in [0.3, 0.4) is 0 Å². The van der Waals surface area contributed by atoms with E-state index in [0.29, 0.717) is 31.9 Å². The molecule has 0 aliphatic carbocycles. The number of imidazole rings is 1. The molecular formula is C30H37F3N4O3. The third-order valence-corrected chi connectivity index (χ3v) is 7.60. The van der Waals surface area contributed by atoms with Crippen molar-refractivity contribution in [3.8, 4) is 11.3 Å². The van der Waals surface area contributed by atoms with Crippen molar-refractivity contribution in [2.24, 2.45) is 11.3 Å². The number of rotatable bonds is 12. The van der Waals surface area contributed by atoms with E-state index in [1.165, 1.54) is 4.90 Å². The summed E-state index contributed by atoms with van der Waals surface area (Å²) >= 11 is 0. The molecule has 1 aromatic heterocycles. The molecule has 1 aliphatic rings.